The molecule has 2 aromatic carbocycles. The number of rotatable bonds is 7. The summed E-state index contributed by atoms with van der Waals surface area (Å²) in [7, 11) is 1.93. The Balaban J connectivity index is 1.66. The number of aromatic nitrogens is 2. The van der Waals surface area contributed by atoms with Gasteiger partial charge in [0, 0.05) is 35.0 Å². The van der Waals surface area contributed by atoms with Gasteiger partial charge in [-0.2, -0.15) is 0 Å². The Bertz CT molecular complexity index is 1080. The minimum absolute atomic E-state index is 0.131. The molecule has 0 aliphatic carbocycles. The second-order valence-corrected chi connectivity index (χ2v) is 9.14. The molecule has 6 nitrogen and oxygen atoms in total. The first-order chi connectivity index (χ1) is 14.7. The van der Waals surface area contributed by atoms with Gasteiger partial charge in [-0.3, -0.25) is 9.59 Å². The Labute approximate surface area is 195 Å². The molecule has 0 fully saturated rings. The maximum atomic E-state index is 12.8. The van der Waals surface area contributed by atoms with E-state index >= 15 is 0 Å². The molecule has 2 amide bonds. The first-order valence-electron chi connectivity index (χ1n) is 9.56. The summed E-state index contributed by atoms with van der Waals surface area (Å²) in [5, 5.41) is 7.17. The van der Waals surface area contributed by atoms with Crippen molar-refractivity contribution in [3.8, 4) is 0 Å². The van der Waals surface area contributed by atoms with Crippen molar-refractivity contribution >= 4 is 52.5 Å². The molecule has 0 aliphatic heterocycles. The molecule has 1 aromatic heterocycles. The molecule has 1 heterocycles. The SMILES string of the molecule is CC(C)C(NC(=O)c1ccc(Cl)cc1Cl)C(=O)Nc1ccc(Sc2nccn2C)cc1. The molecule has 162 valence electrons. The normalized spacial score (nSPS) is 11.9. The summed E-state index contributed by atoms with van der Waals surface area (Å²) in [6.45, 7) is 3.72. The maximum absolute atomic E-state index is 12.8. The van der Waals surface area contributed by atoms with Gasteiger partial charge in [0.2, 0.25) is 5.91 Å². The fourth-order valence-electron chi connectivity index (χ4n) is 2.81. The highest BCUT2D eigenvalue weighted by Crippen LogP contribution is 2.27. The third-order valence-electron chi connectivity index (χ3n) is 4.52. The number of imidazole rings is 1. The minimum atomic E-state index is -0.735. The van der Waals surface area contributed by atoms with Gasteiger partial charge >= 0.3 is 0 Å². The number of nitrogens with zero attached hydrogens (tertiary/aromatic N) is 2. The van der Waals surface area contributed by atoms with Crippen LogP contribution in [0.5, 0.6) is 0 Å². The van der Waals surface area contributed by atoms with E-state index in [1.807, 2.05) is 55.9 Å². The topological polar surface area (TPSA) is 76.0 Å². The van der Waals surface area contributed by atoms with Gasteiger partial charge in [-0.1, -0.05) is 48.8 Å². The van der Waals surface area contributed by atoms with Crippen LogP contribution in [0.2, 0.25) is 10.0 Å². The van der Waals surface area contributed by atoms with E-state index in [9.17, 15) is 9.59 Å². The third-order valence-corrected chi connectivity index (χ3v) is 6.15. The number of amides is 2. The van der Waals surface area contributed by atoms with Gasteiger partial charge in [0.25, 0.3) is 5.91 Å². The zero-order valence-corrected chi connectivity index (χ0v) is 19.6. The second-order valence-electron chi connectivity index (χ2n) is 7.26. The Hall–Kier alpha value is -2.48. The van der Waals surface area contributed by atoms with E-state index in [0.717, 1.165) is 10.1 Å². The van der Waals surface area contributed by atoms with Crippen LogP contribution < -0.4 is 10.6 Å². The molecule has 1 unspecified atom stereocenters. The zero-order chi connectivity index (χ0) is 22.5. The van der Waals surface area contributed by atoms with E-state index in [-0.39, 0.29) is 22.4 Å². The number of hydrogen-bond acceptors (Lipinski definition) is 4. The van der Waals surface area contributed by atoms with Crippen LogP contribution in [0.25, 0.3) is 0 Å². The number of carbonyl (C=O) groups is 2. The highest BCUT2D eigenvalue weighted by atomic mass is 35.5. The fraction of sp³-hybridized carbons (Fsp3) is 0.227. The quantitative estimate of drug-likeness (QED) is 0.486. The second kappa shape index (κ2) is 10.2. The van der Waals surface area contributed by atoms with Crippen molar-refractivity contribution in [2.75, 3.05) is 5.32 Å². The summed E-state index contributed by atoms with van der Waals surface area (Å²) in [6.07, 6.45) is 3.63. The molecule has 0 radical (unpaired) electrons. The molecule has 0 bridgehead atoms. The Morgan fingerprint density at radius 1 is 1.10 bits per heavy atom. The molecule has 3 aromatic rings. The lowest BCUT2D eigenvalue weighted by molar-refractivity contribution is -0.118. The predicted molar refractivity (Wildman–Crippen MR) is 125 cm³/mol. The number of nitrogens with one attached hydrogen (secondary N) is 2. The minimum Gasteiger partial charge on any atom is -0.340 e. The number of hydrogen-bond donors (Lipinski definition) is 2. The number of carbonyl (C=O) groups excluding carboxylic acids is 2. The lowest BCUT2D eigenvalue weighted by Crippen LogP contribution is -2.47. The smallest absolute Gasteiger partial charge is 0.253 e. The summed E-state index contributed by atoms with van der Waals surface area (Å²) >= 11 is 13.5. The van der Waals surface area contributed by atoms with Crippen LogP contribution >= 0.6 is 35.0 Å². The number of anilines is 1. The van der Waals surface area contributed by atoms with E-state index < -0.39 is 11.9 Å². The van der Waals surface area contributed by atoms with Gasteiger partial charge in [0.05, 0.1) is 10.6 Å². The van der Waals surface area contributed by atoms with E-state index in [0.29, 0.717) is 10.7 Å². The average molecular weight is 477 g/mol. The molecule has 31 heavy (non-hydrogen) atoms. The Morgan fingerprint density at radius 2 is 1.81 bits per heavy atom. The van der Waals surface area contributed by atoms with Crippen molar-refractivity contribution in [3.05, 3.63) is 70.5 Å². The van der Waals surface area contributed by atoms with Crippen LogP contribution in [0.1, 0.15) is 24.2 Å². The molecule has 1 atom stereocenters. The Morgan fingerprint density at radius 3 is 2.39 bits per heavy atom. The summed E-state index contributed by atoms with van der Waals surface area (Å²) in [4.78, 5) is 30.8. The summed E-state index contributed by atoms with van der Waals surface area (Å²) < 4.78 is 1.93. The van der Waals surface area contributed by atoms with Crippen LogP contribution in [-0.4, -0.2) is 27.4 Å². The molecule has 0 aliphatic rings. The lowest BCUT2D eigenvalue weighted by atomic mass is 10.0. The number of halogens is 2. The third kappa shape index (κ3) is 6.03. The van der Waals surface area contributed by atoms with Crippen LogP contribution in [0.4, 0.5) is 5.69 Å². The van der Waals surface area contributed by atoms with Gasteiger partial charge < -0.3 is 15.2 Å². The van der Waals surface area contributed by atoms with Crippen molar-refractivity contribution in [2.24, 2.45) is 13.0 Å². The van der Waals surface area contributed by atoms with Crippen LogP contribution in [0.15, 0.2) is 64.9 Å². The van der Waals surface area contributed by atoms with E-state index in [1.165, 1.54) is 23.9 Å². The van der Waals surface area contributed by atoms with Crippen molar-refractivity contribution in [2.45, 2.75) is 29.9 Å². The number of benzene rings is 2. The Kier molecular flexibility index (Phi) is 7.64. The van der Waals surface area contributed by atoms with Gasteiger partial charge in [0.1, 0.15) is 6.04 Å². The lowest BCUT2D eigenvalue weighted by Gasteiger charge is -2.22. The first-order valence-corrected chi connectivity index (χ1v) is 11.1. The van der Waals surface area contributed by atoms with Gasteiger partial charge in [-0.25, -0.2) is 4.98 Å². The van der Waals surface area contributed by atoms with Gasteiger partial charge in [-0.05, 0) is 48.4 Å². The highest BCUT2D eigenvalue weighted by molar-refractivity contribution is 7.99. The predicted octanol–water partition coefficient (Wildman–Crippen LogP) is 5.27. The molecule has 9 heteroatoms. The molecular formula is C22H22Cl2N4O2S. The summed E-state index contributed by atoms with van der Waals surface area (Å²) in [5.74, 6) is -0.872. The van der Waals surface area contributed by atoms with Crippen LogP contribution in [0.3, 0.4) is 0 Å². The monoisotopic (exact) mass is 476 g/mol. The zero-order valence-electron chi connectivity index (χ0n) is 17.2. The van der Waals surface area contributed by atoms with Crippen molar-refractivity contribution < 1.29 is 9.59 Å². The van der Waals surface area contributed by atoms with Crippen molar-refractivity contribution in [1.29, 1.82) is 0 Å². The summed E-state index contributed by atoms with van der Waals surface area (Å²) in [5.41, 5.74) is 0.902. The van der Waals surface area contributed by atoms with Gasteiger partial charge in [0.15, 0.2) is 5.16 Å². The molecule has 3 rings (SSSR count). The molecule has 0 saturated carbocycles. The maximum Gasteiger partial charge on any atom is 0.253 e. The van der Waals surface area contributed by atoms with Crippen LogP contribution in [0, 0.1) is 5.92 Å². The molecule has 0 saturated heterocycles. The largest absolute Gasteiger partial charge is 0.340 e. The first kappa shape index (κ1) is 23.2. The standard InChI is InChI=1S/C22H22Cl2N4O2S/c1-13(2)19(27-20(29)17-9-4-14(23)12-18(17)24)21(30)26-15-5-7-16(8-6-15)31-22-25-10-11-28(22)3/h4-13,19H,1-3H3,(H,26,30)(H,27,29). The van der Waals surface area contributed by atoms with E-state index in [1.54, 1.807) is 12.3 Å². The van der Waals surface area contributed by atoms with E-state index in [2.05, 4.69) is 15.6 Å². The molecular weight excluding hydrogens is 455 g/mol. The van der Waals surface area contributed by atoms with Crippen molar-refractivity contribution in [1.82, 2.24) is 14.9 Å². The molecule has 2 N–H and O–H groups in total. The number of aryl methyl sites for hydroxylation is 1. The van der Waals surface area contributed by atoms with Crippen LogP contribution in [-0.2, 0) is 11.8 Å². The van der Waals surface area contributed by atoms with E-state index in [4.69, 9.17) is 23.2 Å². The molecule has 0 spiro atoms. The fourth-order valence-corrected chi connectivity index (χ4v) is 4.11. The van der Waals surface area contributed by atoms with Gasteiger partial charge in [-0.15, -0.1) is 0 Å². The van der Waals surface area contributed by atoms with Crippen molar-refractivity contribution in [3.63, 3.8) is 0 Å². The highest BCUT2D eigenvalue weighted by Gasteiger charge is 2.25. The summed E-state index contributed by atoms with van der Waals surface area (Å²) in [6, 6.07) is 11.3. The average Bonchev–Trinajstić information content (AvgIpc) is 3.11.